The summed E-state index contributed by atoms with van der Waals surface area (Å²) >= 11 is 0. The average Bonchev–Trinajstić information content (AvgIpc) is 2.87. The smallest absolute Gasteiger partial charge is 0.310 e. The molecule has 1 unspecified atom stereocenters. The summed E-state index contributed by atoms with van der Waals surface area (Å²) in [5.41, 5.74) is 0. The number of aromatic nitrogens is 1. The topological polar surface area (TPSA) is 51.7 Å². The maximum absolute atomic E-state index is 11.6. The summed E-state index contributed by atoms with van der Waals surface area (Å²) in [6.45, 7) is 5.40. The van der Waals surface area contributed by atoms with Crippen molar-refractivity contribution in [2.45, 2.75) is 26.4 Å². The van der Waals surface area contributed by atoms with Crippen LogP contribution in [0.1, 0.15) is 20.3 Å². The van der Waals surface area contributed by atoms with Gasteiger partial charge < -0.3 is 14.4 Å². The second-order valence-electron chi connectivity index (χ2n) is 4.95. The number of nitrogens with zero attached hydrogens (tertiary/aromatic N) is 2. The van der Waals surface area contributed by atoms with Crippen molar-refractivity contribution in [1.82, 2.24) is 4.98 Å². The van der Waals surface area contributed by atoms with Crippen LogP contribution < -0.4 is 9.64 Å². The molecule has 1 fully saturated rings. The SMILES string of the molecule is COC(=O)C1CCN(c2ncccc2OC(C)C)C1. The maximum Gasteiger partial charge on any atom is 0.310 e. The number of hydrogen-bond donors (Lipinski definition) is 0. The number of anilines is 1. The average molecular weight is 264 g/mol. The van der Waals surface area contributed by atoms with Gasteiger partial charge in [0.15, 0.2) is 11.6 Å². The van der Waals surface area contributed by atoms with E-state index in [0.29, 0.717) is 6.54 Å². The van der Waals surface area contributed by atoms with Crippen LogP contribution in [0.3, 0.4) is 0 Å². The van der Waals surface area contributed by atoms with Gasteiger partial charge in [-0.1, -0.05) is 0 Å². The zero-order valence-corrected chi connectivity index (χ0v) is 11.6. The lowest BCUT2D eigenvalue weighted by Gasteiger charge is -2.21. The summed E-state index contributed by atoms with van der Waals surface area (Å²) in [7, 11) is 1.43. The minimum absolute atomic E-state index is 0.0705. The Hall–Kier alpha value is -1.78. The second-order valence-corrected chi connectivity index (χ2v) is 4.95. The van der Waals surface area contributed by atoms with Gasteiger partial charge in [-0.15, -0.1) is 0 Å². The Morgan fingerprint density at radius 3 is 3.00 bits per heavy atom. The van der Waals surface area contributed by atoms with Crippen molar-refractivity contribution in [3.8, 4) is 5.75 Å². The fourth-order valence-corrected chi connectivity index (χ4v) is 2.28. The largest absolute Gasteiger partial charge is 0.487 e. The molecular weight excluding hydrogens is 244 g/mol. The Morgan fingerprint density at radius 2 is 2.32 bits per heavy atom. The van der Waals surface area contributed by atoms with Crippen LogP contribution >= 0.6 is 0 Å². The monoisotopic (exact) mass is 264 g/mol. The van der Waals surface area contributed by atoms with E-state index >= 15 is 0 Å². The predicted octanol–water partition coefficient (Wildman–Crippen LogP) is 1.87. The molecule has 0 amide bonds. The van der Waals surface area contributed by atoms with E-state index in [1.54, 1.807) is 6.20 Å². The van der Waals surface area contributed by atoms with Gasteiger partial charge >= 0.3 is 5.97 Å². The van der Waals surface area contributed by atoms with Gasteiger partial charge in [0.25, 0.3) is 0 Å². The van der Waals surface area contributed by atoms with Gasteiger partial charge in [-0.25, -0.2) is 4.98 Å². The molecule has 1 saturated heterocycles. The molecule has 1 atom stereocenters. The van der Waals surface area contributed by atoms with Crippen molar-refractivity contribution >= 4 is 11.8 Å². The Balaban J connectivity index is 2.13. The van der Waals surface area contributed by atoms with E-state index in [-0.39, 0.29) is 18.0 Å². The fourth-order valence-electron chi connectivity index (χ4n) is 2.28. The molecule has 0 bridgehead atoms. The molecule has 19 heavy (non-hydrogen) atoms. The van der Waals surface area contributed by atoms with Crippen molar-refractivity contribution < 1.29 is 14.3 Å². The van der Waals surface area contributed by atoms with E-state index in [9.17, 15) is 4.79 Å². The molecule has 2 rings (SSSR count). The first-order valence-electron chi connectivity index (χ1n) is 6.56. The third-order valence-electron chi connectivity index (χ3n) is 3.14. The number of rotatable bonds is 4. The molecule has 104 valence electrons. The Bertz CT molecular complexity index is 448. The molecule has 0 N–H and O–H groups in total. The highest BCUT2D eigenvalue weighted by Gasteiger charge is 2.31. The van der Waals surface area contributed by atoms with Gasteiger partial charge in [0.05, 0.1) is 19.1 Å². The number of pyridine rings is 1. The van der Waals surface area contributed by atoms with Gasteiger partial charge in [-0.05, 0) is 32.4 Å². The first-order chi connectivity index (χ1) is 9.11. The van der Waals surface area contributed by atoms with Crippen molar-refractivity contribution in [1.29, 1.82) is 0 Å². The molecule has 5 nitrogen and oxygen atoms in total. The summed E-state index contributed by atoms with van der Waals surface area (Å²) in [4.78, 5) is 18.0. The van der Waals surface area contributed by atoms with Crippen LogP contribution in [0.4, 0.5) is 5.82 Å². The van der Waals surface area contributed by atoms with Crippen LogP contribution in [0.25, 0.3) is 0 Å². The molecular formula is C14H20N2O3. The first-order valence-corrected chi connectivity index (χ1v) is 6.56. The molecule has 2 heterocycles. The highest BCUT2D eigenvalue weighted by atomic mass is 16.5. The normalized spacial score (nSPS) is 18.7. The maximum atomic E-state index is 11.6. The van der Waals surface area contributed by atoms with E-state index in [1.165, 1.54) is 7.11 Å². The number of methoxy groups -OCH3 is 1. The molecule has 5 heteroatoms. The van der Waals surface area contributed by atoms with Crippen molar-refractivity contribution in [3.05, 3.63) is 18.3 Å². The van der Waals surface area contributed by atoms with Crippen molar-refractivity contribution in [3.63, 3.8) is 0 Å². The highest BCUT2D eigenvalue weighted by molar-refractivity contribution is 5.74. The molecule has 0 radical (unpaired) electrons. The summed E-state index contributed by atoms with van der Waals surface area (Å²) in [5.74, 6) is 1.36. The lowest BCUT2D eigenvalue weighted by Crippen LogP contribution is -2.25. The Kier molecular flexibility index (Phi) is 4.24. The molecule has 1 aliphatic heterocycles. The zero-order valence-electron chi connectivity index (χ0n) is 11.6. The lowest BCUT2D eigenvalue weighted by atomic mass is 10.1. The Labute approximate surface area is 113 Å². The standard InChI is InChI=1S/C14H20N2O3/c1-10(2)19-12-5-4-7-15-13(12)16-8-6-11(9-16)14(17)18-3/h4-5,7,10-11H,6,8-9H2,1-3H3. The van der Waals surface area contributed by atoms with E-state index in [1.807, 2.05) is 26.0 Å². The van der Waals surface area contributed by atoms with Gasteiger partial charge in [0.2, 0.25) is 0 Å². The summed E-state index contributed by atoms with van der Waals surface area (Å²) in [5, 5.41) is 0. The van der Waals surface area contributed by atoms with Gasteiger partial charge in [-0.2, -0.15) is 0 Å². The molecule has 0 aromatic carbocycles. The number of carbonyl (C=O) groups is 1. The lowest BCUT2D eigenvalue weighted by molar-refractivity contribution is -0.144. The van der Waals surface area contributed by atoms with Crippen LogP contribution in [0.15, 0.2) is 18.3 Å². The number of carbonyl (C=O) groups excluding carboxylic acids is 1. The summed E-state index contributed by atoms with van der Waals surface area (Å²) < 4.78 is 10.6. The van der Waals surface area contributed by atoms with Gasteiger partial charge in [0, 0.05) is 19.3 Å². The summed E-state index contributed by atoms with van der Waals surface area (Å²) in [6, 6.07) is 3.77. The van der Waals surface area contributed by atoms with Crippen LogP contribution in [-0.4, -0.2) is 37.3 Å². The van der Waals surface area contributed by atoms with Crippen LogP contribution in [0.2, 0.25) is 0 Å². The molecule has 1 aliphatic rings. The van der Waals surface area contributed by atoms with E-state index in [4.69, 9.17) is 9.47 Å². The highest BCUT2D eigenvalue weighted by Crippen LogP contribution is 2.30. The van der Waals surface area contributed by atoms with Crippen molar-refractivity contribution in [2.75, 3.05) is 25.1 Å². The first kappa shape index (κ1) is 13.6. The predicted molar refractivity (Wildman–Crippen MR) is 72.3 cm³/mol. The molecule has 1 aromatic heterocycles. The quantitative estimate of drug-likeness (QED) is 0.777. The Morgan fingerprint density at radius 1 is 1.53 bits per heavy atom. The molecule has 0 saturated carbocycles. The summed E-state index contributed by atoms with van der Waals surface area (Å²) in [6.07, 6.45) is 2.64. The van der Waals surface area contributed by atoms with Gasteiger partial charge in [0.1, 0.15) is 0 Å². The van der Waals surface area contributed by atoms with E-state index in [0.717, 1.165) is 24.5 Å². The van der Waals surface area contributed by atoms with Crippen LogP contribution in [-0.2, 0) is 9.53 Å². The van der Waals surface area contributed by atoms with Gasteiger partial charge in [-0.3, -0.25) is 4.79 Å². The van der Waals surface area contributed by atoms with E-state index < -0.39 is 0 Å². The minimum Gasteiger partial charge on any atom is -0.487 e. The van der Waals surface area contributed by atoms with E-state index in [2.05, 4.69) is 9.88 Å². The fraction of sp³-hybridized carbons (Fsp3) is 0.571. The minimum atomic E-state index is -0.148. The third-order valence-corrected chi connectivity index (χ3v) is 3.14. The number of hydrogen-bond acceptors (Lipinski definition) is 5. The number of ether oxygens (including phenoxy) is 2. The van der Waals surface area contributed by atoms with Crippen molar-refractivity contribution in [2.24, 2.45) is 5.92 Å². The van der Waals surface area contributed by atoms with Crippen LogP contribution in [0, 0.1) is 5.92 Å². The molecule has 0 spiro atoms. The zero-order chi connectivity index (χ0) is 13.8. The third kappa shape index (κ3) is 3.16. The second kappa shape index (κ2) is 5.91. The number of esters is 1. The molecule has 1 aromatic rings. The van der Waals surface area contributed by atoms with Crippen LogP contribution in [0.5, 0.6) is 5.75 Å². The molecule has 0 aliphatic carbocycles.